The van der Waals surface area contributed by atoms with Crippen molar-refractivity contribution in [2.24, 2.45) is 11.7 Å². The van der Waals surface area contributed by atoms with Crippen molar-refractivity contribution < 1.29 is 4.74 Å². The molecule has 1 fully saturated rings. The van der Waals surface area contributed by atoms with Gasteiger partial charge in [0.15, 0.2) is 0 Å². The molecule has 0 bridgehead atoms. The smallest absolute Gasteiger partial charge is 0.123 e. The summed E-state index contributed by atoms with van der Waals surface area (Å²) in [5.41, 5.74) is 9.06. The van der Waals surface area contributed by atoms with Crippen LogP contribution in [0, 0.1) is 5.92 Å². The van der Waals surface area contributed by atoms with Crippen LogP contribution < -0.4 is 10.5 Å². The van der Waals surface area contributed by atoms with Crippen molar-refractivity contribution in [2.75, 3.05) is 0 Å². The Morgan fingerprint density at radius 1 is 1.21 bits per heavy atom. The Morgan fingerprint density at radius 2 is 1.95 bits per heavy atom. The molecule has 1 aliphatic carbocycles. The Labute approximate surface area is 116 Å². The number of benzene rings is 1. The molecule has 0 saturated heterocycles. The maximum absolute atomic E-state index is 6.49. The fourth-order valence-electron chi connectivity index (χ4n) is 3.60. The molecule has 1 aromatic rings. The number of fused-ring (bicyclic) bond motifs is 1. The first-order valence-electron chi connectivity index (χ1n) is 7.63. The molecule has 0 spiro atoms. The molecule has 2 nitrogen and oxygen atoms in total. The lowest BCUT2D eigenvalue weighted by molar-refractivity contribution is 0.138. The average Bonchev–Trinajstić information content (AvgIpc) is 2.71. The van der Waals surface area contributed by atoms with Crippen LogP contribution in [0.5, 0.6) is 5.75 Å². The Hall–Kier alpha value is -1.02. The molecule has 1 atom stereocenters. The Balaban J connectivity index is 1.79. The molecule has 1 aliphatic heterocycles. The number of ether oxygens (including phenoxy) is 1. The van der Waals surface area contributed by atoms with E-state index in [9.17, 15) is 0 Å². The SMILES string of the molecule is CC1(C)Cc2cc(C(N)C3CCCCC3)ccc2O1. The van der Waals surface area contributed by atoms with E-state index < -0.39 is 0 Å². The van der Waals surface area contributed by atoms with Gasteiger partial charge in [-0.2, -0.15) is 0 Å². The van der Waals surface area contributed by atoms with Crippen molar-refractivity contribution in [3.8, 4) is 5.75 Å². The predicted molar refractivity (Wildman–Crippen MR) is 78.4 cm³/mol. The van der Waals surface area contributed by atoms with E-state index in [2.05, 4.69) is 32.0 Å². The lowest BCUT2D eigenvalue weighted by Gasteiger charge is -2.28. The molecule has 2 heteroatoms. The zero-order chi connectivity index (χ0) is 13.5. The van der Waals surface area contributed by atoms with Gasteiger partial charge in [0.05, 0.1) is 0 Å². The third kappa shape index (κ3) is 2.64. The van der Waals surface area contributed by atoms with E-state index in [0.29, 0.717) is 5.92 Å². The third-order valence-electron chi connectivity index (χ3n) is 4.63. The number of hydrogen-bond donors (Lipinski definition) is 1. The summed E-state index contributed by atoms with van der Waals surface area (Å²) in [6, 6.07) is 6.76. The average molecular weight is 259 g/mol. The summed E-state index contributed by atoms with van der Waals surface area (Å²) in [6.45, 7) is 4.29. The second kappa shape index (κ2) is 4.82. The quantitative estimate of drug-likeness (QED) is 0.872. The molecule has 1 aromatic carbocycles. The van der Waals surface area contributed by atoms with E-state index in [4.69, 9.17) is 10.5 Å². The predicted octanol–water partition coefficient (Wildman–Crippen LogP) is 3.98. The maximum Gasteiger partial charge on any atom is 0.123 e. The lowest BCUT2D eigenvalue weighted by atomic mass is 9.81. The molecule has 1 heterocycles. The largest absolute Gasteiger partial charge is 0.487 e. The van der Waals surface area contributed by atoms with E-state index in [1.54, 1.807) is 0 Å². The minimum Gasteiger partial charge on any atom is -0.487 e. The van der Waals surface area contributed by atoms with Gasteiger partial charge in [0.25, 0.3) is 0 Å². The second-order valence-electron chi connectivity index (χ2n) is 6.83. The lowest BCUT2D eigenvalue weighted by Crippen LogP contribution is -2.24. The van der Waals surface area contributed by atoms with Crippen LogP contribution in [0.1, 0.15) is 63.1 Å². The summed E-state index contributed by atoms with van der Waals surface area (Å²) < 4.78 is 5.93. The summed E-state index contributed by atoms with van der Waals surface area (Å²) in [4.78, 5) is 0. The number of rotatable bonds is 2. The van der Waals surface area contributed by atoms with Crippen molar-refractivity contribution >= 4 is 0 Å². The van der Waals surface area contributed by atoms with Gasteiger partial charge in [-0.05, 0) is 49.8 Å². The van der Waals surface area contributed by atoms with Gasteiger partial charge in [-0.25, -0.2) is 0 Å². The van der Waals surface area contributed by atoms with Crippen LogP contribution in [0.15, 0.2) is 18.2 Å². The highest BCUT2D eigenvalue weighted by Crippen LogP contribution is 2.38. The Morgan fingerprint density at radius 3 is 2.68 bits per heavy atom. The van der Waals surface area contributed by atoms with Crippen molar-refractivity contribution in [1.29, 1.82) is 0 Å². The van der Waals surface area contributed by atoms with E-state index >= 15 is 0 Å². The summed E-state index contributed by atoms with van der Waals surface area (Å²) >= 11 is 0. The molecule has 19 heavy (non-hydrogen) atoms. The van der Waals surface area contributed by atoms with E-state index in [1.807, 2.05) is 0 Å². The number of hydrogen-bond acceptors (Lipinski definition) is 2. The third-order valence-corrected chi connectivity index (χ3v) is 4.63. The standard InChI is InChI=1S/C17H25NO/c1-17(2)11-14-10-13(8-9-15(14)19-17)16(18)12-6-4-3-5-7-12/h8-10,12,16H,3-7,11,18H2,1-2H3. The molecule has 104 valence electrons. The second-order valence-corrected chi connectivity index (χ2v) is 6.83. The van der Waals surface area contributed by atoms with E-state index in [-0.39, 0.29) is 11.6 Å². The zero-order valence-corrected chi connectivity index (χ0v) is 12.1. The Bertz CT molecular complexity index is 460. The fourth-order valence-corrected chi connectivity index (χ4v) is 3.60. The molecule has 2 aliphatic rings. The first-order chi connectivity index (χ1) is 9.05. The topological polar surface area (TPSA) is 35.2 Å². The molecule has 1 unspecified atom stereocenters. The highest BCUT2D eigenvalue weighted by molar-refractivity contribution is 5.42. The van der Waals surface area contributed by atoms with Crippen molar-refractivity contribution in [2.45, 2.75) is 64.0 Å². The van der Waals surface area contributed by atoms with Gasteiger partial charge in [0.1, 0.15) is 11.4 Å². The van der Waals surface area contributed by atoms with Crippen LogP contribution in [0.4, 0.5) is 0 Å². The minimum absolute atomic E-state index is 0.0596. The molecular formula is C17H25NO. The van der Waals surface area contributed by atoms with Gasteiger partial charge < -0.3 is 10.5 Å². The van der Waals surface area contributed by atoms with Crippen molar-refractivity contribution in [3.63, 3.8) is 0 Å². The molecule has 0 radical (unpaired) electrons. The van der Waals surface area contributed by atoms with Gasteiger partial charge in [0, 0.05) is 12.5 Å². The van der Waals surface area contributed by atoms with Gasteiger partial charge >= 0.3 is 0 Å². The highest BCUT2D eigenvalue weighted by Gasteiger charge is 2.31. The van der Waals surface area contributed by atoms with Gasteiger partial charge in [-0.1, -0.05) is 31.4 Å². The first-order valence-corrected chi connectivity index (χ1v) is 7.63. The zero-order valence-electron chi connectivity index (χ0n) is 12.1. The molecule has 2 N–H and O–H groups in total. The highest BCUT2D eigenvalue weighted by atomic mass is 16.5. The minimum atomic E-state index is -0.0596. The number of nitrogens with two attached hydrogens (primary N) is 1. The molecule has 3 rings (SSSR count). The first kappa shape index (κ1) is 13.0. The van der Waals surface area contributed by atoms with Crippen LogP contribution in [0.25, 0.3) is 0 Å². The molecule has 0 aromatic heterocycles. The maximum atomic E-state index is 6.49. The van der Waals surface area contributed by atoms with Crippen molar-refractivity contribution in [3.05, 3.63) is 29.3 Å². The molecule has 1 saturated carbocycles. The summed E-state index contributed by atoms with van der Waals surface area (Å²) in [5.74, 6) is 1.71. The molecular weight excluding hydrogens is 234 g/mol. The van der Waals surface area contributed by atoms with Gasteiger partial charge in [0.2, 0.25) is 0 Å². The summed E-state index contributed by atoms with van der Waals surface area (Å²) in [6.07, 6.45) is 7.66. The summed E-state index contributed by atoms with van der Waals surface area (Å²) in [7, 11) is 0. The summed E-state index contributed by atoms with van der Waals surface area (Å²) in [5, 5.41) is 0. The van der Waals surface area contributed by atoms with Crippen LogP contribution in [0.2, 0.25) is 0 Å². The normalized spacial score (nSPS) is 23.7. The van der Waals surface area contributed by atoms with Gasteiger partial charge in [-0.15, -0.1) is 0 Å². The van der Waals surface area contributed by atoms with Crippen LogP contribution in [0.3, 0.4) is 0 Å². The van der Waals surface area contributed by atoms with Gasteiger partial charge in [-0.3, -0.25) is 0 Å². The molecule has 0 amide bonds. The fraction of sp³-hybridized carbons (Fsp3) is 0.647. The van der Waals surface area contributed by atoms with E-state index in [1.165, 1.54) is 43.2 Å². The van der Waals surface area contributed by atoms with E-state index in [0.717, 1.165) is 12.2 Å². The van der Waals surface area contributed by atoms with Crippen molar-refractivity contribution in [1.82, 2.24) is 0 Å². The Kier molecular flexibility index (Phi) is 3.30. The van der Waals surface area contributed by atoms with Crippen LogP contribution >= 0.6 is 0 Å². The monoisotopic (exact) mass is 259 g/mol. The van der Waals surface area contributed by atoms with Crippen LogP contribution in [-0.4, -0.2) is 5.60 Å². The van der Waals surface area contributed by atoms with Crippen LogP contribution in [-0.2, 0) is 6.42 Å².